The average Bonchev–Trinajstić information content (AvgIpc) is 2.65. The first kappa shape index (κ1) is 12.8. The van der Waals surface area contributed by atoms with Gasteiger partial charge in [0.2, 0.25) is 0 Å². The summed E-state index contributed by atoms with van der Waals surface area (Å²) in [4.78, 5) is 0. The highest BCUT2D eigenvalue weighted by atomic mass is 35.5. The summed E-state index contributed by atoms with van der Waals surface area (Å²) in [5.74, 6) is 0.548. The fourth-order valence-corrected chi connectivity index (χ4v) is 1.73. The van der Waals surface area contributed by atoms with Crippen LogP contribution in [0.4, 0.5) is 18.9 Å². The van der Waals surface area contributed by atoms with Gasteiger partial charge in [-0.2, -0.15) is 13.2 Å². The highest BCUT2D eigenvalue weighted by Crippen LogP contribution is 2.32. The summed E-state index contributed by atoms with van der Waals surface area (Å²) >= 11 is 5.60. The van der Waals surface area contributed by atoms with Gasteiger partial charge < -0.3 is 10.2 Å². The summed E-state index contributed by atoms with van der Waals surface area (Å²) in [5, 5.41) is 0.232. The van der Waals surface area contributed by atoms with Gasteiger partial charge in [-0.15, -0.1) is 0 Å². The van der Waals surface area contributed by atoms with E-state index in [4.69, 9.17) is 21.8 Å². The van der Waals surface area contributed by atoms with Gasteiger partial charge in [-0.3, -0.25) is 0 Å². The third kappa shape index (κ3) is 2.79. The normalized spacial score (nSPS) is 11.8. The van der Waals surface area contributed by atoms with Crippen LogP contribution in [0.3, 0.4) is 0 Å². The predicted molar refractivity (Wildman–Crippen MR) is 62.4 cm³/mol. The van der Waals surface area contributed by atoms with E-state index in [-0.39, 0.29) is 10.9 Å². The van der Waals surface area contributed by atoms with Crippen molar-refractivity contribution >= 4 is 17.3 Å². The fraction of sp³-hybridized carbons (Fsp3) is 0.167. The minimum absolute atomic E-state index is 0.0809. The summed E-state index contributed by atoms with van der Waals surface area (Å²) in [5.41, 5.74) is 5.48. The molecule has 2 aromatic rings. The third-order valence-electron chi connectivity index (χ3n) is 2.47. The highest BCUT2D eigenvalue weighted by molar-refractivity contribution is 6.28. The SMILES string of the molecule is Nc1cc(C(F)(F)F)ccc1Cc1ccc(Cl)o1. The van der Waals surface area contributed by atoms with Crippen LogP contribution in [-0.2, 0) is 12.6 Å². The predicted octanol–water partition coefficient (Wildman–Crippen LogP) is 4.12. The van der Waals surface area contributed by atoms with Crippen LogP contribution in [0.2, 0.25) is 5.22 Å². The van der Waals surface area contributed by atoms with Crippen LogP contribution in [0.15, 0.2) is 34.7 Å². The van der Waals surface area contributed by atoms with E-state index in [1.807, 2.05) is 0 Å². The van der Waals surface area contributed by atoms with Crippen molar-refractivity contribution < 1.29 is 17.6 Å². The number of hydrogen-bond donors (Lipinski definition) is 1. The molecule has 2 rings (SSSR count). The lowest BCUT2D eigenvalue weighted by molar-refractivity contribution is -0.137. The second-order valence-electron chi connectivity index (χ2n) is 3.79. The molecular formula is C12H9ClF3NO. The van der Waals surface area contributed by atoms with Gasteiger partial charge in [0.15, 0.2) is 5.22 Å². The zero-order valence-electron chi connectivity index (χ0n) is 9.09. The first-order chi connectivity index (χ1) is 8.36. The molecule has 0 aliphatic heterocycles. The Hall–Kier alpha value is -1.62. The van der Waals surface area contributed by atoms with Gasteiger partial charge in [0.1, 0.15) is 5.76 Å². The molecule has 18 heavy (non-hydrogen) atoms. The molecule has 1 aromatic heterocycles. The number of nitrogens with two attached hydrogens (primary N) is 1. The molecule has 0 saturated heterocycles. The van der Waals surface area contributed by atoms with E-state index < -0.39 is 11.7 Å². The standard InChI is InChI=1S/C12H9ClF3NO/c13-11-4-3-9(18-11)5-7-1-2-8(6-10(7)17)12(14,15)16/h1-4,6H,5,17H2. The molecule has 0 spiro atoms. The van der Waals surface area contributed by atoms with Crippen molar-refractivity contribution in [1.29, 1.82) is 0 Å². The number of anilines is 1. The molecule has 0 saturated carbocycles. The van der Waals surface area contributed by atoms with E-state index in [2.05, 4.69) is 0 Å². The monoisotopic (exact) mass is 275 g/mol. The molecule has 6 heteroatoms. The number of nitrogen functional groups attached to an aromatic ring is 1. The molecule has 1 aromatic carbocycles. The molecule has 0 aliphatic carbocycles. The van der Waals surface area contributed by atoms with Crippen LogP contribution in [0.1, 0.15) is 16.9 Å². The first-order valence-electron chi connectivity index (χ1n) is 5.06. The van der Waals surface area contributed by atoms with Crippen molar-refractivity contribution in [2.45, 2.75) is 12.6 Å². The summed E-state index contributed by atoms with van der Waals surface area (Å²) < 4.78 is 42.4. The molecule has 0 bridgehead atoms. The van der Waals surface area contributed by atoms with E-state index >= 15 is 0 Å². The molecular weight excluding hydrogens is 267 g/mol. The van der Waals surface area contributed by atoms with Crippen molar-refractivity contribution in [3.8, 4) is 0 Å². The van der Waals surface area contributed by atoms with E-state index in [0.717, 1.165) is 12.1 Å². The van der Waals surface area contributed by atoms with Crippen molar-refractivity contribution in [2.24, 2.45) is 0 Å². The number of furan rings is 1. The van der Waals surface area contributed by atoms with Gasteiger partial charge in [0.25, 0.3) is 0 Å². The second-order valence-corrected chi connectivity index (χ2v) is 4.17. The molecule has 0 amide bonds. The molecule has 1 heterocycles. The molecule has 0 radical (unpaired) electrons. The van der Waals surface area contributed by atoms with Crippen LogP contribution >= 0.6 is 11.6 Å². The van der Waals surface area contributed by atoms with Crippen molar-refractivity contribution in [2.75, 3.05) is 5.73 Å². The minimum Gasteiger partial charge on any atom is -0.449 e. The van der Waals surface area contributed by atoms with Crippen LogP contribution in [0, 0.1) is 0 Å². The van der Waals surface area contributed by atoms with Gasteiger partial charge in [0.05, 0.1) is 5.56 Å². The van der Waals surface area contributed by atoms with Gasteiger partial charge in [-0.1, -0.05) is 6.07 Å². The topological polar surface area (TPSA) is 39.2 Å². The maximum Gasteiger partial charge on any atom is 0.416 e. The van der Waals surface area contributed by atoms with Gasteiger partial charge >= 0.3 is 6.18 Å². The van der Waals surface area contributed by atoms with Crippen molar-refractivity contribution in [1.82, 2.24) is 0 Å². The Labute approximate surface area is 106 Å². The Morgan fingerprint density at radius 3 is 2.39 bits per heavy atom. The smallest absolute Gasteiger partial charge is 0.416 e. The third-order valence-corrected chi connectivity index (χ3v) is 2.67. The van der Waals surface area contributed by atoms with Crippen LogP contribution in [0.5, 0.6) is 0 Å². The summed E-state index contributed by atoms with van der Waals surface area (Å²) in [6.45, 7) is 0. The van der Waals surface area contributed by atoms with Crippen LogP contribution < -0.4 is 5.73 Å². The number of halogens is 4. The van der Waals surface area contributed by atoms with E-state index in [0.29, 0.717) is 17.7 Å². The molecule has 0 fully saturated rings. The average molecular weight is 276 g/mol. The van der Waals surface area contributed by atoms with Gasteiger partial charge in [-0.05, 0) is 41.4 Å². The fourth-order valence-electron chi connectivity index (χ4n) is 1.57. The first-order valence-corrected chi connectivity index (χ1v) is 5.44. The van der Waals surface area contributed by atoms with Crippen LogP contribution in [0.25, 0.3) is 0 Å². The Balaban J connectivity index is 2.25. The Morgan fingerprint density at radius 2 is 1.89 bits per heavy atom. The number of alkyl halides is 3. The summed E-state index contributed by atoms with van der Waals surface area (Å²) in [7, 11) is 0. The molecule has 0 aliphatic rings. The molecule has 2 N–H and O–H groups in total. The zero-order valence-corrected chi connectivity index (χ0v) is 9.85. The lowest BCUT2D eigenvalue weighted by atomic mass is 10.1. The summed E-state index contributed by atoms with van der Waals surface area (Å²) in [6, 6.07) is 6.47. The van der Waals surface area contributed by atoms with Gasteiger partial charge in [0, 0.05) is 12.1 Å². The lowest BCUT2D eigenvalue weighted by Gasteiger charge is -2.10. The van der Waals surface area contributed by atoms with E-state index in [1.165, 1.54) is 6.07 Å². The molecule has 2 nitrogen and oxygen atoms in total. The lowest BCUT2D eigenvalue weighted by Crippen LogP contribution is -2.06. The van der Waals surface area contributed by atoms with E-state index in [9.17, 15) is 13.2 Å². The molecule has 0 atom stereocenters. The Bertz CT molecular complexity index is 563. The quantitative estimate of drug-likeness (QED) is 0.837. The minimum atomic E-state index is -4.39. The maximum atomic E-state index is 12.4. The van der Waals surface area contributed by atoms with Crippen molar-refractivity contribution in [3.63, 3.8) is 0 Å². The highest BCUT2D eigenvalue weighted by Gasteiger charge is 2.30. The Kier molecular flexibility index (Phi) is 3.26. The van der Waals surface area contributed by atoms with Crippen LogP contribution in [-0.4, -0.2) is 0 Å². The Morgan fingerprint density at radius 1 is 1.17 bits per heavy atom. The number of hydrogen-bond acceptors (Lipinski definition) is 2. The molecule has 0 unspecified atom stereocenters. The number of benzene rings is 1. The maximum absolute atomic E-state index is 12.4. The molecule has 96 valence electrons. The number of rotatable bonds is 2. The summed E-state index contributed by atoms with van der Waals surface area (Å²) in [6.07, 6.45) is -4.09. The van der Waals surface area contributed by atoms with E-state index in [1.54, 1.807) is 12.1 Å². The van der Waals surface area contributed by atoms with Crippen molar-refractivity contribution in [3.05, 3.63) is 52.4 Å². The second kappa shape index (κ2) is 4.57. The largest absolute Gasteiger partial charge is 0.449 e. The van der Waals surface area contributed by atoms with Gasteiger partial charge in [-0.25, -0.2) is 0 Å². The zero-order chi connectivity index (χ0) is 13.3.